The van der Waals surface area contributed by atoms with Crippen LogP contribution in [0.15, 0.2) is 48.5 Å². The molecular formula is C27H35NO3. The summed E-state index contributed by atoms with van der Waals surface area (Å²) in [4.78, 5) is 13.5. The molecule has 4 rings (SSSR count). The van der Waals surface area contributed by atoms with Crippen molar-refractivity contribution in [1.82, 2.24) is 4.90 Å². The van der Waals surface area contributed by atoms with Crippen molar-refractivity contribution in [2.24, 2.45) is 11.8 Å². The van der Waals surface area contributed by atoms with Gasteiger partial charge in [0.15, 0.2) is 0 Å². The fraction of sp³-hybridized carbons (Fsp3) is 0.519. The van der Waals surface area contributed by atoms with Gasteiger partial charge in [-0.25, -0.2) is 4.79 Å². The van der Waals surface area contributed by atoms with Crippen LogP contribution in [0.3, 0.4) is 0 Å². The standard InChI is InChI=1S/C27H35NO3/c29-27(30)25-8-6-23(7-9-25)24-10-12-26(13-11-24)31-19-18-28-16-14-22(15-17-28)20-21-4-2-1-3-5-21/h6-13,21-22H,1-5,14-20H2,(H,29,30). The second-order valence-electron chi connectivity index (χ2n) is 9.28. The maximum absolute atomic E-state index is 11.0. The molecule has 0 unspecified atom stereocenters. The molecule has 4 heteroatoms. The van der Waals surface area contributed by atoms with Crippen LogP contribution >= 0.6 is 0 Å². The zero-order valence-electron chi connectivity index (χ0n) is 18.5. The summed E-state index contributed by atoms with van der Waals surface area (Å²) in [7, 11) is 0. The molecule has 1 N–H and O–H groups in total. The number of ether oxygens (including phenoxy) is 1. The van der Waals surface area contributed by atoms with E-state index in [1.807, 2.05) is 36.4 Å². The van der Waals surface area contributed by atoms with E-state index in [0.29, 0.717) is 5.56 Å². The van der Waals surface area contributed by atoms with E-state index >= 15 is 0 Å². The van der Waals surface area contributed by atoms with Crippen LogP contribution in [0.4, 0.5) is 0 Å². The smallest absolute Gasteiger partial charge is 0.335 e. The van der Waals surface area contributed by atoms with Crippen molar-refractivity contribution in [2.45, 2.75) is 51.4 Å². The maximum atomic E-state index is 11.0. The van der Waals surface area contributed by atoms with E-state index in [1.54, 1.807) is 12.1 Å². The van der Waals surface area contributed by atoms with Crippen molar-refractivity contribution in [1.29, 1.82) is 0 Å². The molecule has 0 radical (unpaired) electrons. The fourth-order valence-electron chi connectivity index (χ4n) is 5.18. The Morgan fingerprint density at radius 2 is 1.42 bits per heavy atom. The summed E-state index contributed by atoms with van der Waals surface area (Å²) in [6.45, 7) is 4.15. The summed E-state index contributed by atoms with van der Waals surface area (Å²) in [5.74, 6) is 1.94. The van der Waals surface area contributed by atoms with Crippen molar-refractivity contribution in [3.8, 4) is 16.9 Å². The summed E-state index contributed by atoms with van der Waals surface area (Å²) in [5, 5.41) is 9.02. The summed E-state index contributed by atoms with van der Waals surface area (Å²) in [6, 6.07) is 15.0. The number of carboxylic acid groups (broad SMARTS) is 1. The third kappa shape index (κ3) is 6.33. The van der Waals surface area contributed by atoms with Gasteiger partial charge in [0, 0.05) is 6.54 Å². The zero-order chi connectivity index (χ0) is 21.5. The molecule has 166 valence electrons. The van der Waals surface area contributed by atoms with E-state index in [0.717, 1.165) is 41.9 Å². The van der Waals surface area contributed by atoms with Gasteiger partial charge in [-0.1, -0.05) is 56.4 Å². The Morgan fingerprint density at radius 3 is 2.03 bits per heavy atom. The predicted molar refractivity (Wildman–Crippen MR) is 125 cm³/mol. The van der Waals surface area contributed by atoms with E-state index < -0.39 is 5.97 Å². The van der Waals surface area contributed by atoms with Gasteiger partial charge in [0.25, 0.3) is 0 Å². The first-order chi connectivity index (χ1) is 15.2. The first kappa shape index (κ1) is 21.9. The Kier molecular flexibility index (Phi) is 7.63. The average molecular weight is 422 g/mol. The number of hydrogen-bond acceptors (Lipinski definition) is 3. The summed E-state index contributed by atoms with van der Waals surface area (Å²) >= 11 is 0. The zero-order valence-corrected chi connectivity index (χ0v) is 18.5. The van der Waals surface area contributed by atoms with Crippen LogP contribution in [0, 0.1) is 11.8 Å². The molecule has 0 spiro atoms. The third-order valence-corrected chi connectivity index (χ3v) is 7.09. The monoisotopic (exact) mass is 421 g/mol. The molecule has 1 saturated heterocycles. The van der Waals surface area contributed by atoms with Crippen molar-refractivity contribution >= 4 is 5.97 Å². The number of hydrogen-bond donors (Lipinski definition) is 1. The predicted octanol–water partition coefficient (Wildman–Crippen LogP) is 6.11. The molecule has 2 fully saturated rings. The molecule has 0 atom stereocenters. The van der Waals surface area contributed by atoms with E-state index in [2.05, 4.69) is 4.90 Å². The van der Waals surface area contributed by atoms with Crippen molar-refractivity contribution in [2.75, 3.05) is 26.2 Å². The van der Waals surface area contributed by atoms with Crippen LogP contribution in [0.25, 0.3) is 11.1 Å². The Labute approximate surface area is 186 Å². The Hall–Kier alpha value is -2.33. The van der Waals surface area contributed by atoms with Gasteiger partial charge in [0.05, 0.1) is 5.56 Å². The lowest BCUT2D eigenvalue weighted by atomic mass is 9.80. The van der Waals surface area contributed by atoms with Crippen LogP contribution in [-0.2, 0) is 0 Å². The molecular weight excluding hydrogens is 386 g/mol. The molecule has 4 nitrogen and oxygen atoms in total. The molecule has 2 aliphatic rings. The highest BCUT2D eigenvalue weighted by Gasteiger charge is 2.23. The lowest BCUT2D eigenvalue weighted by Crippen LogP contribution is -2.37. The maximum Gasteiger partial charge on any atom is 0.335 e. The summed E-state index contributed by atoms with van der Waals surface area (Å²) in [6.07, 6.45) is 11.5. The number of carbonyl (C=O) groups is 1. The van der Waals surface area contributed by atoms with Gasteiger partial charge in [-0.15, -0.1) is 0 Å². The van der Waals surface area contributed by atoms with Gasteiger partial charge in [0.1, 0.15) is 12.4 Å². The highest BCUT2D eigenvalue weighted by molar-refractivity contribution is 5.88. The largest absolute Gasteiger partial charge is 0.492 e. The van der Waals surface area contributed by atoms with Crippen molar-refractivity contribution in [3.63, 3.8) is 0 Å². The Bertz CT molecular complexity index is 817. The van der Waals surface area contributed by atoms with Gasteiger partial charge in [-0.2, -0.15) is 0 Å². The molecule has 2 aromatic rings. The minimum atomic E-state index is -0.899. The Balaban J connectivity index is 1.17. The minimum Gasteiger partial charge on any atom is -0.492 e. The first-order valence-electron chi connectivity index (χ1n) is 12.0. The third-order valence-electron chi connectivity index (χ3n) is 7.09. The highest BCUT2D eigenvalue weighted by atomic mass is 16.5. The van der Waals surface area contributed by atoms with Gasteiger partial charge < -0.3 is 9.84 Å². The van der Waals surface area contributed by atoms with Gasteiger partial charge >= 0.3 is 5.97 Å². The topological polar surface area (TPSA) is 49.8 Å². The van der Waals surface area contributed by atoms with Crippen molar-refractivity contribution in [3.05, 3.63) is 54.1 Å². The highest BCUT2D eigenvalue weighted by Crippen LogP contribution is 2.32. The van der Waals surface area contributed by atoms with E-state index in [4.69, 9.17) is 9.84 Å². The quantitative estimate of drug-likeness (QED) is 0.558. The Morgan fingerprint density at radius 1 is 0.839 bits per heavy atom. The molecule has 1 saturated carbocycles. The van der Waals surface area contributed by atoms with Crippen LogP contribution in [0.1, 0.15) is 61.7 Å². The minimum absolute atomic E-state index is 0.307. The number of benzene rings is 2. The van der Waals surface area contributed by atoms with Gasteiger partial charge in [0.2, 0.25) is 0 Å². The lowest BCUT2D eigenvalue weighted by molar-refractivity contribution is 0.0697. The number of piperidine rings is 1. The van der Waals surface area contributed by atoms with Crippen LogP contribution in [0.5, 0.6) is 5.75 Å². The van der Waals surface area contributed by atoms with Crippen LogP contribution < -0.4 is 4.74 Å². The van der Waals surface area contributed by atoms with Crippen molar-refractivity contribution < 1.29 is 14.6 Å². The molecule has 2 aromatic carbocycles. The lowest BCUT2D eigenvalue weighted by Gasteiger charge is -2.34. The van der Waals surface area contributed by atoms with E-state index in [9.17, 15) is 4.79 Å². The molecule has 1 aliphatic heterocycles. The molecule has 1 aliphatic carbocycles. The number of likely N-dealkylation sites (tertiary alicyclic amines) is 1. The summed E-state index contributed by atoms with van der Waals surface area (Å²) < 4.78 is 5.98. The number of nitrogens with zero attached hydrogens (tertiary/aromatic N) is 1. The SMILES string of the molecule is O=C(O)c1ccc(-c2ccc(OCCN3CCC(CC4CCCCC4)CC3)cc2)cc1. The molecule has 31 heavy (non-hydrogen) atoms. The second kappa shape index (κ2) is 10.8. The second-order valence-corrected chi connectivity index (χ2v) is 9.28. The molecule has 0 amide bonds. The molecule has 0 bridgehead atoms. The normalized spacial score (nSPS) is 18.7. The van der Waals surface area contributed by atoms with E-state index in [-0.39, 0.29) is 0 Å². The number of carboxylic acids is 1. The fourth-order valence-corrected chi connectivity index (χ4v) is 5.18. The van der Waals surface area contributed by atoms with Crippen LogP contribution in [-0.4, -0.2) is 42.2 Å². The average Bonchev–Trinajstić information content (AvgIpc) is 2.81. The molecule has 0 aromatic heterocycles. The summed E-state index contributed by atoms with van der Waals surface area (Å²) in [5.41, 5.74) is 2.37. The first-order valence-corrected chi connectivity index (χ1v) is 12.0. The molecule has 1 heterocycles. The van der Waals surface area contributed by atoms with Gasteiger partial charge in [-0.3, -0.25) is 4.90 Å². The van der Waals surface area contributed by atoms with Crippen LogP contribution in [0.2, 0.25) is 0 Å². The van der Waals surface area contributed by atoms with Gasteiger partial charge in [-0.05, 0) is 79.6 Å². The number of rotatable bonds is 8. The van der Waals surface area contributed by atoms with E-state index in [1.165, 1.54) is 64.5 Å². The number of aromatic carboxylic acids is 1.